The minimum atomic E-state index is 0.219. The van der Waals surface area contributed by atoms with Crippen LogP contribution in [0.5, 0.6) is 0 Å². The van der Waals surface area contributed by atoms with E-state index < -0.39 is 0 Å². The molecule has 1 aromatic heterocycles. The maximum Gasteiger partial charge on any atom is 0.130 e. The van der Waals surface area contributed by atoms with E-state index in [9.17, 15) is 4.79 Å². The van der Waals surface area contributed by atoms with Gasteiger partial charge in [0.15, 0.2) is 0 Å². The summed E-state index contributed by atoms with van der Waals surface area (Å²) in [5.74, 6) is 0.219. The number of thiazole rings is 1. The molecule has 0 aliphatic heterocycles. The van der Waals surface area contributed by atoms with Crippen LogP contribution < -0.4 is 0 Å². The minimum Gasteiger partial charge on any atom is -0.300 e. The van der Waals surface area contributed by atoms with Crippen molar-refractivity contribution in [1.82, 2.24) is 4.98 Å². The van der Waals surface area contributed by atoms with Gasteiger partial charge >= 0.3 is 0 Å². The van der Waals surface area contributed by atoms with Crippen molar-refractivity contribution in [3.63, 3.8) is 0 Å². The first kappa shape index (κ1) is 13.0. The van der Waals surface area contributed by atoms with Crippen LogP contribution in [0.3, 0.4) is 0 Å². The topological polar surface area (TPSA) is 30.0 Å². The first-order valence-corrected chi connectivity index (χ1v) is 6.95. The second kappa shape index (κ2) is 5.44. The van der Waals surface area contributed by atoms with Gasteiger partial charge < -0.3 is 4.79 Å². The highest BCUT2D eigenvalue weighted by atomic mass is 32.1. The molecular formula is C15H17NOS. The van der Waals surface area contributed by atoms with Gasteiger partial charge in [0.2, 0.25) is 0 Å². The molecule has 0 unspecified atom stereocenters. The van der Waals surface area contributed by atoms with Crippen LogP contribution in [0.15, 0.2) is 23.6 Å². The van der Waals surface area contributed by atoms with Crippen LogP contribution >= 0.6 is 11.3 Å². The number of rotatable bonds is 4. The van der Waals surface area contributed by atoms with Crippen LogP contribution in [0.1, 0.15) is 30.2 Å². The van der Waals surface area contributed by atoms with Gasteiger partial charge in [-0.25, -0.2) is 4.98 Å². The molecule has 0 atom stereocenters. The predicted molar refractivity (Wildman–Crippen MR) is 76.0 cm³/mol. The molecule has 2 nitrogen and oxygen atoms in total. The fraction of sp³-hybridized carbons (Fsp3) is 0.333. The van der Waals surface area contributed by atoms with E-state index in [4.69, 9.17) is 0 Å². The zero-order chi connectivity index (χ0) is 13.1. The predicted octanol–water partition coefficient (Wildman–Crippen LogP) is 3.95. The molecule has 94 valence electrons. The van der Waals surface area contributed by atoms with E-state index in [1.165, 1.54) is 16.7 Å². The zero-order valence-electron chi connectivity index (χ0n) is 11.0. The van der Waals surface area contributed by atoms with E-state index in [0.717, 1.165) is 17.1 Å². The van der Waals surface area contributed by atoms with Crippen molar-refractivity contribution in [2.75, 3.05) is 0 Å². The van der Waals surface area contributed by atoms with E-state index in [1.807, 2.05) is 0 Å². The number of aromatic nitrogens is 1. The summed E-state index contributed by atoms with van der Waals surface area (Å²) < 4.78 is 0. The molecule has 0 amide bonds. The van der Waals surface area contributed by atoms with Gasteiger partial charge in [-0.15, -0.1) is 11.3 Å². The van der Waals surface area contributed by atoms with Crippen LogP contribution in [0.4, 0.5) is 0 Å². The first-order chi connectivity index (χ1) is 8.56. The summed E-state index contributed by atoms with van der Waals surface area (Å²) in [5, 5.41) is 3.11. The molecule has 0 aliphatic rings. The van der Waals surface area contributed by atoms with E-state index >= 15 is 0 Å². The summed E-state index contributed by atoms with van der Waals surface area (Å²) in [6, 6.07) is 6.41. The smallest absolute Gasteiger partial charge is 0.130 e. The molecule has 0 saturated heterocycles. The highest BCUT2D eigenvalue weighted by molar-refractivity contribution is 7.13. The van der Waals surface area contributed by atoms with Crippen molar-refractivity contribution in [3.05, 3.63) is 40.4 Å². The van der Waals surface area contributed by atoms with Crippen molar-refractivity contribution >= 4 is 17.1 Å². The molecule has 1 aromatic carbocycles. The third-order valence-electron chi connectivity index (χ3n) is 2.91. The molecule has 2 aromatic rings. The van der Waals surface area contributed by atoms with E-state index in [0.29, 0.717) is 6.42 Å². The molecule has 1 heterocycles. The van der Waals surface area contributed by atoms with E-state index in [-0.39, 0.29) is 5.78 Å². The Morgan fingerprint density at radius 1 is 1.33 bits per heavy atom. The van der Waals surface area contributed by atoms with Crippen LogP contribution in [0.2, 0.25) is 0 Å². The lowest BCUT2D eigenvalue weighted by atomic mass is 10.1. The zero-order valence-corrected chi connectivity index (χ0v) is 11.8. The van der Waals surface area contributed by atoms with Crippen molar-refractivity contribution in [2.24, 2.45) is 0 Å². The van der Waals surface area contributed by atoms with E-state index in [2.05, 4.69) is 42.4 Å². The maximum atomic E-state index is 11.0. The molecular weight excluding hydrogens is 242 g/mol. The molecule has 2 rings (SSSR count). The van der Waals surface area contributed by atoms with Crippen LogP contribution in [-0.2, 0) is 11.2 Å². The van der Waals surface area contributed by atoms with Gasteiger partial charge in [-0.2, -0.15) is 0 Å². The fourth-order valence-electron chi connectivity index (χ4n) is 1.82. The third kappa shape index (κ3) is 3.05. The number of carbonyl (C=O) groups excluding carboxylic acids is 1. The van der Waals surface area contributed by atoms with Gasteiger partial charge in [0.1, 0.15) is 10.8 Å². The Hall–Kier alpha value is -1.48. The van der Waals surface area contributed by atoms with Gasteiger partial charge in [-0.05, 0) is 38.8 Å². The number of benzene rings is 1. The Balaban J connectivity index is 2.23. The van der Waals surface area contributed by atoms with E-state index in [1.54, 1.807) is 18.3 Å². The largest absolute Gasteiger partial charge is 0.300 e. The number of ketones is 1. The molecule has 0 saturated carbocycles. The van der Waals surface area contributed by atoms with Crippen molar-refractivity contribution in [2.45, 2.75) is 33.6 Å². The number of Topliss-reactive ketones (excluding diaryl/α,β-unsaturated/α-hetero) is 1. The highest BCUT2D eigenvalue weighted by Gasteiger charge is 2.08. The summed E-state index contributed by atoms with van der Waals surface area (Å²) in [6.07, 6.45) is 1.33. The SMILES string of the molecule is CC(=O)CCc1csc(-c2cc(C)ccc2C)n1. The minimum absolute atomic E-state index is 0.219. The van der Waals surface area contributed by atoms with Gasteiger partial charge in [0.05, 0.1) is 5.69 Å². The monoisotopic (exact) mass is 259 g/mol. The van der Waals surface area contributed by atoms with Gasteiger partial charge in [-0.3, -0.25) is 0 Å². The van der Waals surface area contributed by atoms with Crippen molar-refractivity contribution < 1.29 is 4.79 Å². The number of carbonyl (C=O) groups is 1. The summed E-state index contributed by atoms with van der Waals surface area (Å²) in [6.45, 7) is 5.82. The molecule has 18 heavy (non-hydrogen) atoms. The lowest BCUT2D eigenvalue weighted by Gasteiger charge is -2.03. The van der Waals surface area contributed by atoms with Gasteiger partial charge in [-0.1, -0.05) is 17.7 Å². The molecule has 0 N–H and O–H groups in total. The summed E-state index contributed by atoms with van der Waals surface area (Å²) in [5.41, 5.74) is 4.71. The Bertz CT molecular complexity index is 572. The second-order valence-electron chi connectivity index (χ2n) is 4.66. The van der Waals surface area contributed by atoms with Crippen LogP contribution in [0.25, 0.3) is 10.6 Å². The van der Waals surface area contributed by atoms with Crippen LogP contribution in [0, 0.1) is 13.8 Å². The number of aryl methyl sites for hydroxylation is 3. The summed E-state index contributed by atoms with van der Waals surface area (Å²) in [4.78, 5) is 15.6. The lowest BCUT2D eigenvalue weighted by Crippen LogP contribution is -1.94. The molecule has 3 heteroatoms. The summed E-state index contributed by atoms with van der Waals surface area (Å²) >= 11 is 1.65. The highest BCUT2D eigenvalue weighted by Crippen LogP contribution is 2.28. The average molecular weight is 259 g/mol. The second-order valence-corrected chi connectivity index (χ2v) is 5.52. The quantitative estimate of drug-likeness (QED) is 0.832. The Morgan fingerprint density at radius 2 is 2.11 bits per heavy atom. The third-order valence-corrected chi connectivity index (χ3v) is 3.83. The normalized spacial score (nSPS) is 10.6. The molecule has 0 bridgehead atoms. The molecule has 0 aliphatic carbocycles. The fourth-order valence-corrected chi connectivity index (χ4v) is 2.75. The number of nitrogens with zero attached hydrogens (tertiary/aromatic N) is 1. The number of hydrogen-bond donors (Lipinski definition) is 0. The standard InChI is InChI=1S/C15H17NOS/c1-10-4-5-11(2)14(8-10)15-16-13(9-18-15)7-6-12(3)17/h4-5,8-9H,6-7H2,1-3H3. The Labute approximate surface area is 112 Å². The van der Waals surface area contributed by atoms with Crippen LogP contribution in [-0.4, -0.2) is 10.8 Å². The lowest BCUT2D eigenvalue weighted by molar-refractivity contribution is -0.116. The molecule has 0 fully saturated rings. The number of hydrogen-bond acceptors (Lipinski definition) is 3. The first-order valence-electron chi connectivity index (χ1n) is 6.07. The Morgan fingerprint density at radius 3 is 2.83 bits per heavy atom. The van der Waals surface area contributed by atoms with Crippen molar-refractivity contribution in [3.8, 4) is 10.6 Å². The van der Waals surface area contributed by atoms with Crippen molar-refractivity contribution in [1.29, 1.82) is 0 Å². The Kier molecular flexibility index (Phi) is 3.92. The molecule has 0 spiro atoms. The average Bonchev–Trinajstić information content (AvgIpc) is 2.78. The van der Waals surface area contributed by atoms with Gasteiger partial charge in [0, 0.05) is 17.4 Å². The molecule has 0 radical (unpaired) electrons. The van der Waals surface area contributed by atoms with Gasteiger partial charge in [0.25, 0.3) is 0 Å². The summed E-state index contributed by atoms with van der Waals surface area (Å²) in [7, 11) is 0. The maximum absolute atomic E-state index is 11.0.